The van der Waals surface area contributed by atoms with E-state index in [1.54, 1.807) is 13.2 Å². The van der Waals surface area contributed by atoms with Crippen LogP contribution >= 0.6 is 0 Å². The minimum atomic E-state index is -0.194. The largest absolute Gasteiger partial charge is 0.497 e. The maximum absolute atomic E-state index is 14.0. The molecule has 1 unspecified atom stereocenters. The Kier molecular flexibility index (Phi) is 4.17. The Balaban J connectivity index is 2.40. The van der Waals surface area contributed by atoms with Crippen LogP contribution in [0.1, 0.15) is 22.7 Å². The van der Waals surface area contributed by atoms with Gasteiger partial charge in [-0.15, -0.1) is 0 Å². The fourth-order valence-corrected chi connectivity index (χ4v) is 2.18. The van der Waals surface area contributed by atoms with E-state index in [0.29, 0.717) is 5.56 Å². The lowest BCUT2D eigenvalue weighted by molar-refractivity contribution is 0.414. The van der Waals surface area contributed by atoms with Gasteiger partial charge in [0.25, 0.3) is 0 Å². The second kappa shape index (κ2) is 5.85. The zero-order valence-corrected chi connectivity index (χ0v) is 11.4. The van der Waals surface area contributed by atoms with Crippen molar-refractivity contribution in [2.24, 2.45) is 0 Å². The summed E-state index contributed by atoms with van der Waals surface area (Å²) in [7, 11) is 3.46. The third kappa shape index (κ3) is 2.93. The third-order valence-electron chi connectivity index (χ3n) is 3.20. The van der Waals surface area contributed by atoms with Crippen molar-refractivity contribution < 1.29 is 9.13 Å². The Labute approximate surface area is 113 Å². The van der Waals surface area contributed by atoms with Crippen LogP contribution < -0.4 is 10.1 Å². The summed E-state index contributed by atoms with van der Waals surface area (Å²) in [5.41, 5.74) is 2.71. The highest BCUT2D eigenvalue weighted by Crippen LogP contribution is 2.26. The lowest BCUT2D eigenvalue weighted by Crippen LogP contribution is -2.19. The van der Waals surface area contributed by atoms with E-state index in [2.05, 4.69) is 5.32 Å². The average molecular weight is 259 g/mol. The predicted octanol–water partition coefficient (Wildman–Crippen LogP) is 3.45. The summed E-state index contributed by atoms with van der Waals surface area (Å²) in [6, 6.07) is 12.7. The third-order valence-corrected chi connectivity index (χ3v) is 3.20. The van der Waals surface area contributed by atoms with E-state index in [0.717, 1.165) is 16.9 Å². The molecule has 0 aliphatic carbocycles. The van der Waals surface area contributed by atoms with Crippen molar-refractivity contribution >= 4 is 0 Å². The minimum Gasteiger partial charge on any atom is -0.497 e. The monoisotopic (exact) mass is 259 g/mol. The molecular weight excluding hydrogens is 241 g/mol. The molecule has 0 radical (unpaired) electrons. The van der Waals surface area contributed by atoms with E-state index < -0.39 is 0 Å². The van der Waals surface area contributed by atoms with Crippen molar-refractivity contribution in [2.45, 2.75) is 13.0 Å². The first kappa shape index (κ1) is 13.6. The highest BCUT2D eigenvalue weighted by Gasteiger charge is 2.16. The number of hydrogen-bond acceptors (Lipinski definition) is 2. The van der Waals surface area contributed by atoms with E-state index in [1.165, 1.54) is 6.07 Å². The van der Waals surface area contributed by atoms with Gasteiger partial charge < -0.3 is 10.1 Å². The molecule has 0 spiro atoms. The zero-order chi connectivity index (χ0) is 13.8. The first-order chi connectivity index (χ1) is 9.15. The van der Waals surface area contributed by atoms with Crippen LogP contribution in [0.15, 0.2) is 42.5 Å². The molecule has 0 fully saturated rings. The molecule has 19 heavy (non-hydrogen) atoms. The Morgan fingerprint density at radius 1 is 1.11 bits per heavy atom. The highest BCUT2D eigenvalue weighted by molar-refractivity contribution is 5.37. The Morgan fingerprint density at radius 3 is 2.37 bits per heavy atom. The highest BCUT2D eigenvalue weighted by atomic mass is 19.1. The summed E-state index contributed by atoms with van der Waals surface area (Å²) in [6.45, 7) is 1.96. The summed E-state index contributed by atoms with van der Waals surface area (Å²) in [5.74, 6) is 0.601. The zero-order valence-electron chi connectivity index (χ0n) is 11.4. The summed E-state index contributed by atoms with van der Waals surface area (Å²) in [5, 5.41) is 3.16. The second-order valence-electron chi connectivity index (χ2n) is 4.52. The SMILES string of the molecule is CNC(c1ccc(OC)cc1)c1cc(C)ccc1F. The van der Waals surface area contributed by atoms with Crippen molar-refractivity contribution in [3.8, 4) is 5.75 Å². The van der Waals surface area contributed by atoms with Gasteiger partial charge >= 0.3 is 0 Å². The Bertz CT molecular complexity index is 551. The molecule has 2 aromatic carbocycles. The van der Waals surface area contributed by atoms with E-state index in [4.69, 9.17) is 4.74 Å². The van der Waals surface area contributed by atoms with Gasteiger partial charge in [0.15, 0.2) is 0 Å². The van der Waals surface area contributed by atoms with E-state index in [-0.39, 0.29) is 11.9 Å². The standard InChI is InChI=1S/C16H18FNO/c1-11-4-9-15(17)14(10-11)16(18-2)12-5-7-13(19-3)8-6-12/h4-10,16,18H,1-3H3. The number of nitrogens with one attached hydrogen (secondary N) is 1. The van der Waals surface area contributed by atoms with Crippen LogP contribution in [0, 0.1) is 12.7 Å². The van der Waals surface area contributed by atoms with Crippen LogP contribution in [0.25, 0.3) is 0 Å². The lowest BCUT2D eigenvalue weighted by Gasteiger charge is -2.18. The molecule has 1 N–H and O–H groups in total. The van der Waals surface area contributed by atoms with Crippen LogP contribution in [0.2, 0.25) is 0 Å². The van der Waals surface area contributed by atoms with Gasteiger partial charge in [-0.05, 0) is 37.7 Å². The van der Waals surface area contributed by atoms with Crippen molar-refractivity contribution in [3.63, 3.8) is 0 Å². The lowest BCUT2D eigenvalue weighted by atomic mass is 9.97. The van der Waals surface area contributed by atoms with E-state index in [9.17, 15) is 4.39 Å². The number of methoxy groups -OCH3 is 1. The topological polar surface area (TPSA) is 21.3 Å². The van der Waals surface area contributed by atoms with Crippen LogP contribution in [0.5, 0.6) is 5.75 Å². The molecule has 3 heteroatoms. The summed E-state index contributed by atoms with van der Waals surface area (Å²) in [6.07, 6.45) is 0. The molecule has 2 aromatic rings. The van der Waals surface area contributed by atoms with Crippen LogP contribution in [0.4, 0.5) is 4.39 Å². The van der Waals surface area contributed by atoms with Gasteiger partial charge in [0.2, 0.25) is 0 Å². The smallest absolute Gasteiger partial charge is 0.128 e. The normalized spacial score (nSPS) is 12.2. The molecule has 0 bridgehead atoms. The molecule has 1 atom stereocenters. The number of rotatable bonds is 4. The van der Waals surface area contributed by atoms with Crippen LogP contribution in [-0.4, -0.2) is 14.2 Å². The van der Waals surface area contributed by atoms with Crippen molar-refractivity contribution in [3.05, 3.63) is 65.0 Å². The molecule has 0 aliphatic heterocycles. The summed E-state index contributed by atoms with van der Waals surface area (Å²) in [4.78, 5) is 0. The average Bonchev–Trinajstić information content (AvgIpc) is 2.44. The summed E-state index contributed by atoms with van der Waals surface area (Å²) < 4.78 is 19.1. The van der Waals surface area contributed by atoms with Crippen LogP contribution in [-0.2, 0) is 0 Å². The van der Waals surface area contributed by atoms with E-state index >= 15 is 0 Å². The van der Waals surface area contributed by atoms with Gasteiger partial charge in [0, 0.05) is 5.56 Å². The van der Waals surface area contributed by atoms with Gasteiger partial charge in [-0.25, -0.2) is 4.39 Å². The molecule has 0 saturated carbocycles. The maximum atomic E-state index is 14.0. The Morgan fingerprint density at radius 2 is 1.79 bits per heavy atom. The summed E-state index contributed by atoms with van der Waals surface area (Å²) >= 11 is 0. The predicted molar refractivity (Wildman–Crippen MR) is 75.0 cm³/mol. The molecule has 0 saturated heterocycles. The number of halogens is 1. The van der Waals surface area contributed by atoms with Gasteiger partial charge in [-0.2, -0.15) is 0 Å². The van der Waals surface area contributed by atoms with Crippen molar-refractivity contribution in [1.29, 1.82) is 0 Å². The van der Waals surface area contributed by atoms with E-state index in [1.807, 2.05) is 44.3 Å². The minimum absolute atomic E-state index is 0.161. The molecular formula is C16H18FNO. The fourth-order valence-electron chi connectivity index (χ4n) is 2.18. The number of benzene rings is 2. The Hall–Kier alpha value is -1.87. The van der Waals surface area contributed by atoms with Gasteiger partial charge in [-0.1, -0.05) is 29.8 Å². The molecule has 0 heterocycles. The second-order valence-corrected chi connectivity index (χ2v) is 4.52. The number of hydrogen-bond donors (Lipinski definition) is 1. The number of aryl methyl sites for hydroxylation is 1. The fraction of sp³-hybridized carbons (Fsp3) is 0.250. The quantitative estimate of drug-likeness (QED) is 0.908. The van der Waals surface area contributed by atoms with Crippen LogP contribution in [0.3, 0.4) is 0 Å². The first-order valence-electron chi connectivity index (χ1n) is 6.23. The molecule has 100 valence electrons. The van der Waals surface area contributed by atoms with Gasteiger partial charge in [0.05, 0.1) is 13.2 Å². The molecule has 2 rings (SSSR count). The molecule has 0 aromatic heterocycles. The maximum Gasteiger partial charge on any atom is 0.128 e. The first-order valence-corrected chi connectivity index (χ1v) is 6.23. The number of ether oxygens (including phenoxy) is 1. The molecule has 0 amide bonds. The van der Waals surface area contributed by atoms with Crippen molar-refractivity contribution in [2.75, 3.05) is 14.2 Å². The van der Waals surface area contributed by atoms with Crippen molar-refractivity contribution in [1.82, 2.24) is 5.32 Å². The van der Waals surface area contributed by atoms with Gasteiger partial charge in [0.1, 0.15) is 11.6 Å². The van der Waals surface area contributed by atoms with Gasteiger partial charge in [-0.3, -0.25) is 0 Å². The molecule has 0 aliphatic rings. The molecule has 2 nitrogen and oxygen atoms in total.